The summed E-state index contributed by atoms with van der Waals surface area (Å²) in [6, 6.07) is 10.8. The first-order valence-corrected chi connectivity index (χ1v) is 11.8. The maximum Gasteiger partial charge on any atom is 0.231 e. The van der Waals surface area contributed by atoms with Crippen molar-refractivity contribution in [3.63, 3.8) is 0 Å². The Morgan fingerprint density at radius 1 is 1.06 bits per heavy atom. The van der Waals surface area contributed by atoms with Gasteiger partial charge in [-0.05, 0) is 24.6 Å². The third-order valence-electron chi connectivity index (χ3n) is 7.43. The van der Waals surface area contributed by atoms with E-state index in [9.17, 15) is 9.59 Å². The number of ether oxygens (including phenoxy) is 5. The average Bonchev–Trinajstić information content (AvgIpc) is 3.55. The molecule has 2 aromatic carbocycles. The number of hydrogen-bond donors (Lipinski definition) is 1. The van der Waals surface area contributed by atoms with Crippen molar-refractivity contribution in [2.75, 3.05) is 40.3 Å². The molecular formula is C27H30N2O7. The van der Waals surface area contributed by atoms with Crippen molar-refractivity contribution in [3.05, 3.63) is 54.1 Å². The minimum absolute atomic E-state index is 0.0878. The van der Waals surface area contributed by atoms with Gasteiger partial charge in [0.05, 0.1) is 59.0 Å². The van der Waals surface area contributed by atoms with Gasteiger partial charge >= 0.3 is 0 Å². The first-order valence-electron chi connectivity index (χ1n) is 11.8. The Morgan fingerprint density at radius 3 is 2.31 bits per heavy atom. The normalized spacial score (nSPS) is 26.5. The number of nitrogens with zero attached hydrogens (tertiary/aromatic N) is 1. The van der Waals surface area contributed by atoms with E-state index in [-0.39, 0.29) is 17.9 Å². The minimum Gasteiger partial charge on any atom is -0.497 e. The lowest BCUT2D eigenvalue weighted by Crippen LogP contribution is -2.41. The van der Waals surface area contributed by atoms with E-state index in [1.807, 2.05) is 43.3 Å². The predicted molar refractivity (Wildman–Crippen MR) is 132 cm³/mol. The first-order chi connectivity index (χ1) is 17.4. The summed E-state index contributed by atoms with van der Waals surface area (Å²) in [7, 11) is 6.15. The van der Waals surface area contributed by atoms with Crippen LogP contribution in [0.5, 0.6) is 23.0 Å². The molecular weight excluding hydrogens is 464 g/mol. The molecule has 1 N–H and O–H groups in total. The van der Waals surface area contributed by atoms with Gasteiger partial charge in [0, 0.05) is 17.8 Å². The van der Waals surface area contributed by atoms with Gasteiger partial charge in [0.15, 0.2) is 11.5 Å². The van der Waals surface area contributed by atoms with Gasteiger partial charge < -0.3 is 33.9 Å². The van der Waals surface area contributed by atoms with Crippen molar-refractivity contribution >= 4 is 17.5 Å². The molecule has 2 saturated heterocycles. The second-order valence-corrected chi connectivity index (χ2v) is 9.22. The molecule has 2 fully saturated rings. The number of benzene rings is 2. The molecule has 1 spiro atoms. The van der Waals surface area contributed by atoms with Crippen molar-refractivity contribution in [1.29, 1.82) is 0 Å². The van der Waals surface area contributed by atoms with Gasteiger partial charge in [-0.1, -0.05) is 24.3 Å². The van der Waals surface area contributed by atoms with Crippen LogP contribution in [0.4, 0.5) is 5.69 Å². The zero-order valence-electron chi connectivity index (χ0n) is 20.9. The fourth-order valence-corrected chi connectivity index (χ4v) is 5.60. The monoisotopic (exact) mass is 494 g/mol. The number of anilines is 1. The molecule has 0 saturated carbocycles. The summed E-state index contributed by atoms with van der Waals surface area (Å²) in [4.78, 5) is 29.1. The maximum atomic E-state index is 13.7. The van der Waals surface area contributed by atoms with Gasteiger partial charge in [0.1, 0.15) is 11.4 Å². The molecule has 9 nitrogen and oxygen atoms in total. The fourth-order valence-electron chi connectivity index (χ4n) is 5.60. The van der Waals surface area contributed by atoms with E-state index in [1.165, 1.54) is 21.3 Å². The zero-order valence-corrected chi connectivity index (χ0v) is 20.9. The predicted octanol–water partition coefficient (Wildman–Crippen LogP) is 3.20. The SMILES string of the molecule is COc1ccc([C@@H](C)N2C[C@@]34C=C[C@@H](O3)[C@@H](C(=O)Nc3cc(OC)c(OC)c(OC)c3)[C@@H]4C2=O)cc1. The van der Waals surface area contributed by atoms with Crippen LogP contribution in [0, 0.1) is 11.8 Å². The smallest absolute Gasteiger partial charge is 0.231 e. The average molecular weight is 495 g/mol. The van der Waals surface area contributed by atoms with E-state index in [0.29, 0.717) is 29.5 Å². The van der Waals surface area contributed by atoms with Crippen LogP contribution in [0.2, 0.25) is 0 Å². The van der Waals surface area contributed by atoms with Crippen LogP contribution < -0.4 is 24.3 Å². The van der Waals surface area contributed by atoms with E-state index >= 15 is 0 Å². The van der Waals surface area contributed by atoms with Crippen LogP contribution >= 0.6 is 0 Å². The Morgan fingerprint density at radius 2 is 1.72 bits per heavy atom. The maximum absolute atomic E-state index is 13.7. The molecule has 2 amide bonds. The molecule has 3 aliphatic rings. The zero-order chi connectivity index (χ0) is 25.6. The summed E-state index contributed by atoms with van der Waals surface area (Å²) < 4.78 is 27.7. The number of methoxy groups -OCH3 is 4. The summed E-state index contributed by atoms with van der Waals surface area (Å²) >= 11 is 0. The molecule has 0 aliphatic carbocycles. The molecule has 0 radical (unpaired) electrons. The molecule has 190 valence electrons. The number of fused-ring (bicyclic) bond motifs is 1. The Hall–Kier alpha value is -3.72. The van der Waals surface area contributed by atoms with Gasteiger partial charge in [-0.15, -0.1) is 0 Å². The highest BCUT2D eigenvalue weighted by atomic mass is 16.5. The van der Waals surface area contributed by atoms with Crippen LogP contribution in [-0.4, -0.2) is 63.4 Å². The number of likely N-dealkylation sites (tertiary alicyclic amines) is 1. The van der Waals surface area contributed by atoms with Crippen LogP contribution in [0.15, 0.2) is 48.6 Å². The van der Waals surface area contributed by atoms with E-state index in [0.717, 1.165) is 11.3 Å². The number of carbonyl (C=O) groups excluding carboxylic acids is 2. The van der Waals surface area contributed by atoms with E-state index in [1.54, 1.807) is 24.1 Å². The number of amides is 2. The van der Waals surface area contributed by atoms with Crippen LogP contribution in [-0.2, 0) is 14.3 Å². The number of nitrogens with one attached hydrogen (secondary N) is 1. The summed E-state index contributed by atoms with van der Waals surface area (Å²) in [6.45, 7) is 2.38. The lowest BCUT2D eigenvalue weighted by molar-refractivity contribution is -0.137. The van der Waals surface area contributed by atoms with E-state index < -0.39 is 23.5 Å². The highest BCUT2D eigenvalue weighted by molar-refractivity contribution is 5.99. The van der Waals surface area contributed by atoms with Crippen molar-refractivity contribution in [3.8, 4) is 23.0 Å². The molecule has 3 heterocycles. The Kier molecular flexibility index (Phi) is 6.04. The Labute approximate surface area is 209 Å². The molecule has 2 aromatic rings. The number of carbonyl (C=O) groups is 2. The molecule has 0 unspecified atom stereocenters. The minimum atomic E-state index is -0.806. The standard InChI is InChI=1S/C27H30N2O7/c1-15(16-6-8-18(32-2)9-7-16)29-14-27-11-10-19(36-27)22(23(27)26(29)31)25(30)28-17-12-20(33-3)24(35-5)21(13-17)34-4/h6-13,15,19,22-23H,14H2,1-5H3,(H,28,30)/t15-,19-,22-,23-,27-/m1/s1. The highest BCUT2D eigenvalue weighted by Crippen LogP contribution is 2.53. The third kappa shape index (κ3) is 3.65. The van der Waals surface area contributed by atoms with Crippen LogP contribution in [0.25, 0.3) is 0 Å². The Bertz CT molecular complexity index is 1190. The van der Waals surface area contributed by atoms with Crippen LogP contribution in [0.1, 0.15) is 18.5 Å². The molecule has 9 heteroatoms. The second-order valence-electron chi connectivity index (χ2n) is 9.22. The van der Waals surface area contributed by atoms with Gasteiger partial charge in [0.2, 0.25) is 17.6 Å². The molecule has 2 bridgehead atoms. The third-order valence-corrected chi connectivity index (χ3v) is 7.43. The largest absolute Gasteiger partial charge is 0.497 e. The highest BCUT2D eigenvalue weighted by Gasteiger charge is 2.67. The lowest BCUT2D eigenvalue weighted by Gasteiger charge is -2.28. The van der Waals surface area contributed by atoms with Crippen molar-refractivity contribution in [1.82, 2.24) is 4.90 Å². The molecule has 5 atom stereocenters. The summed E-state index contributed by atoms with van der Waals surface area (Å²) in [6.07, 6.45) is 3.38. The quantitative estimate of drug-likeness (QED) is 0.563. The summed E-state index contributed by atoms with van der Waals surface area (Å²) in [5.74, 6) is 0.381. The van der Waals surface area contributed by atoms with Crippen LogP contribution in [0.3, 0.4) is 0 Å². The number of rotatable bonds is 8. The van der Waals surface area contributed by atoms with Gasteiger partial charge in [-0.25, -0.2) is 0 Å². The van der Waals surface area contributed by atoms with Crippen molar-refractivity contribution < 1.29 is 33.3 Å². The summed E-state index contributed by atoms with van der Waals surface area (Å²) in [5, 5.41) is 2.93. The number of hydrogen-bond acceptors (Lipinski definition) is 7. The fraction of sp³-hybridized carbons (Fsp3) is 0.407. The summed E-state index contributed by atoms with van der Waals surface area (Å²) in [5.41, 5.74) is 0.654. The van der Waals surface area contributed by atoms with Crippen molar-refractivity contribution in [2.24, 2.45) is 11.8 Å². The second kappa shape index (κ2) is 9.05. The van der Waals surface area contributed by atoms with Crippen molar-refractivity contribution in [2.45, 2.75) is 24.7 Å². The van der Waals surface area contributed by atoms with Gasteiger partial charge in [0.25, 0.3) is 0 Å². The van der Waals surface area contributed by atoms with Gasteiger partial charge in [-0.2, -0.15) is 0 Å². The molecule has 3 aliphatic heterocycles. The molecule has 36 heavy (non-hydrogen) atoms. The topological polar surface area (TPSA) is 95.6 Å². The lowest BCUT2D eigenvalue weighted by atomic mass is 9.76. The molecule has 0 aromatic heterocycles. The first kappa shape index (κ1) is 24.0. The Balaban J connectivity index is 1.39. The molecule has 5 rings (SSSR count). The van der Waals surface area contributed by atoms with E-state index in [2.05, 4.69) is 5.32 Å². The van der Waals surface area contributed by atoms with Gasteiger partial charge in [-0.3, -0.25) is 9.59 Å². The van der Waals surface area contributed by atoms with E-state index in [4.69, 9.17) is 23.7 Å².